The average molecular weight is 288 g/mol. The quantitative estimate of drug-likeness (QED) is 0.494. The zero-order chi connectivity index (χ0) is 13.4. The van der Waals surface area contributed by atoms with Crippen molar-refractivity contribution in [1.82, 2.24) is 5.32 Å². The third-order valence-electron chi connectivity index (χ3n) is 2.04. The maximum Gasteiger partial charge on any atom is 0.307 e. The number of nitrogens with one attached hydrogen (secondary N) is 1. The average Bonchev–Trinajstić information content (AvgIpc) is 2.39. The molecule has 0 aliphatic rings. The molecule has 0 aliphatic carbocycles. The van der Waals surface area contributed by atoms with E-state index in [0.717, 1.165) is 4.90 Å². The van der Waals surface area contributed by atoms with Crippen LogP contribution < -0.4 is 5.32 Å². The number of benzene rings is 1. The Kier molecular flexibility index (Phi) is 6.60. The molecule has 6 heteroatoms. The first kappa shape index (κ1) is 14.9. The summed E-state index contributed by atoms with van der Waals surface area (Å²) in [6.45, 7) is 0.226. The van der Waals surface area contributed by atoms with E-state index in [1.54, 1.807) is 0 Å². The molecule has 0 saturated heterocycles. The summed E-state index contributed by atoms with van der Waals surface area (Å²) in [6, 6.07) is 9.40. The van der Waals surface area contributed by atoms with Gasteiger partial charge in [-0.15, -0.1) is 0 Å². The highest BCUT2D eigenvalue weighted by atomic mass is 35.5. The normalized spacial score (nSPS) is 11.7. The van der Waals surface area contributed by atoms with E-state index in [-0.39, 0.29) is 24.8 Å². The maximum absolute atomic E-state index is 11.6. The van der Waals surface area contributed by atoms with Gasteiger partial charge in [0.15, 0.2) is 4.71 Å². The number of thioether (sulfide) groups is 1. The Labute approximate surface area is 115 Å². The number of esters is 1. The number of alkyl halides is 1. The molecule has 0 bridgehead atoms. The van der Waals surface area contributed by atoms with Crippen LogP contribution in [-0.2, 0) is 14.3 Å². The van der Waals surface area contributed by atoms with Crippen LogP contribution in [0.5, 0.6) is 0 Å². The van der Waals surface area contributed by atoms with Crippen LogP contribution in [0.3, 0.4) is 0 Å². The third-order valence-corrected chi connectivity index (χ3v) is 3.48. The number of carbonyl (C=O) groups excluding carboxylic acids is 2. The molecule has 1 atom stereocenters. The van der Waals surface area contributed by atoms with Crippen LogP contribution in [0.25, 0.3) is 0 Å². The molecule has 98 valence electrons. The lowest BCUT2D eigenvalue weighted by Gasteiger charge is -2.09. The van der Waals surface area contributed by atoms with Crippen molar-refractivity contribution in [2.75, 3.05) is 13.7 Å². The predicted octanol–water partition coefficient (Wildman–Crippen LogP) is 2.02. The summed E-state index contributed by atoms with van der Waals surface area (Å²) in [4.78, 5) is 23.4. The van der Waals surface area contributed by atoms with Crippen molar-refractivity contribution in [3.63, 3.8) is 0 Å². The number of hydrogen-bond acceptors (Lipinski definition) is 4. The largest absolute Gasteiger partial charge is 0.469 e. The first-order valence-corrected chi connectivity index (χ1v) is 6.65. The maximum atomic E-state index is 11.6. The van der Waals surface area contributed by atoms with Crippen LogP contribution in [0, 0.1) is 0 Å². The molecule has 1 amide bonds. The predicted molar refractivity (Wildman–Crippen MR) is 71.6 cm³/mol. The lowest BCUT2D eigenvalue weighted by molar-refractivity contribution is -0.140. The molecule has 1 aromatic rings. The molecule has 0 aliphatic heterocycles. The fourth-order valence-corrected chi connectivity index (χ4v) is 2.27. The van der Waals surface area contributed by atoms with Crippen molar-refractivity contribution in [2.45, 2.75) is 16.0 Å². The minimum Gasteiger partial charge on any atom is -0.469 e. The Bertz CT molecular complexity index is 400. The topological polar surface area (TPSA) is 55.4 Å². The second kappa shape index (κ2) is 8.00. The van der Waals surface area contributed by atoms with Crippen molar-refractivity contribution in [3.8, 4) is 0 Å². The zero-order valence-electron chi connectivity index (χ0n) is 9.89. The minimum atomic E-state index is -0.718. The molecular formula is C12H14ClNO3S. The van der Waals surface area contributed by atoms with Gasteiger partial charge in [0.1, 0.15) is 0 Å². The van der Waals surface area contributed by atoms with Crippen molar-refractivity contribution < 1.29 is 14.3 Å². The van der Waals surface area contributed by atoms with Gasteiger partial charge in [0, 0.05) is 11.4 Å². The van der Waals surface area contributed by atoms with E-state index in [9.17, 15) is 9.59 Å². The second-order valence-electron chi connectivity index (χ2n) is 3.36. The van der Waals surface area contributed by atoms with Crippen LogP contribution in [-0.4, -0.2) is 30.2 Å². The van der Waals surface area contributed by atoms with Crippen LogP contribution in [0.2, 0.25) is 0 Å². The molecule has 0 saturated carbocycles. The van der Waals surface area contributed by atoms with Gasteiger partial charge < -0.3 is 10.1 Å². The highest BCUT2D eigenvalue weighted by molar-refractivity contribution is 8.01. The number of methoxy groups -OCH3 is 1. The van der Waals surface area contributed by atoms with Gasteiger partial charge in [-0.05, 0) is 12.1 Å². The SMILES string of the molecule is COC(=O)CCNC(=O)C(Cl)Sc1ccccc1. The zero-order valence-corrected chi connectivity index (χ0v) is 11.5. The van der Waals surface area contributed by atoms with Crippen LogP contribution in [0.4, 0.5) is 0 Å². The van der Waals surface area contributed by atoms with E-state index in [2.05, 4.69) is 10.1 Å². The summed E-state index contributed by atoms with van der Waals surface area (Å²) in [5.41, 5.74) is 0. The Balaban J connectivity index is 2.31. The summed E-state index contributed by atoms with van der Waals surface area (Å²) in [5, 5.41) is 2.58. The van der Waals surface area contributed by atoms with Gasteiger partial charge in [0.25, 0.3) is 0 Å². The molecule has 18 heavy (non-hydrogen) atoms. The fraction of sp³-hybridized carbons (Fsp3) is 0.333. The molecule has 0 aromatic heterocycles. The van der Waals surface area contributed by atoms with Crippen LogP contribution in [0.15, 0.2) is 35.2 Å². The Morgan fingerprint density at radius 1 is 1.39 bits per heavy atom. The third kappa shape index (κ3) is 5.42. The molecule has 1 N–H and O–H groups in total. The van der Waals surface area contributed by atoms with E-state index >= 15 is 0 Å². The van der Waals surface area contributed by atoms with Crippen molar-refractivity contribution in [1.29, 1.82) is 0 Å². The Morgan fingerprint density at radius 2 is 2.06 bits per heavy atom. The highest BCUT2D eigenvalue weighted by Gasteiger charge is 2.16. The second-order valence-corrected chi connectivity index (χ2v) is 5.24. The molecule has 4 nitrogen and oxygen atoms in total. The van der Waals surface area contributed by atoms with E-state index < -0.39 is 4.71 Å². The van der Waals surface area contributed by atoms with Gasteiger partial charge >= 0.3 is 5.97 Å². The highest BCUT2D eigenvalue weighted by Crippen LogP contribution is 2.25. The number of carbonyl (C=O) groups is 2. The van der Waals surface area contributed by atoms with E-state index in [1.807, 2.05) is 30.3 Å². The van der Waals surface area contributed by atoms with E-state index in [0.29, 0.717) is 0 Å². The first-order valence-electron chi connectivity index (χ1n) is 5.34. The lowest BCUT2D eigenvalue weighted by Crippen LogP contribution is -2.31. The summed E-state index contributed by atoms with van der Waals surface area (Å²) in [6.07, 6.45) is 0.141. The Morgan fingerprint density at radius 3 is 2.67 bits per heavy atom. The smallest absolute Gasteiger partial charge is 0.307 e. The molecule has 1 rings (SSSR count). The molecular weight excluding hydrogens is 274 g/mol. The van der Waals surface area contributed by atoms with E-state index in [4.69, 9.17) is 11.6 Å². The van der Waals surface area contributed by atoms with Gasteiger partial charge in [-0.1, -0.05) is 41.6 Å². The number of amides is 1. The summed E-state index contributed by atoms with van der Waals surface area (Å²) < 4.78 is 3.74. The van der Waals surface area contributed by atoms with Gasteiger partial charge in [-0.25, -0.2) is 0 Å². The molecule has 0 spiro atoms. The van der Waals surface area contributed by atoms with Gasteiger partial charge in [0.05, 0.1) is 13.5 Å². The molecule has 1 unspecified atom stereocenters. The van der Waals surface area contributed by atoms with Gasteiger partial charge in [-0.3, -0.25) is 9.59 Å². The number of rotatable bonds is 6. The minimum absolute atomic E-state index is 0.141. The monoisotopic (exact) mass is 287 g/mol. The summed E-state index contributed by atoms with van der Waals surface area (Å²) in [7, 11) is 1.31. The standard InChI is InChI=1S/C12H14ClNO3S/c1-17-10(15)7-8-14-12(16)11(13)18-9-5-3-2-4-6-9/h2-6,11H,7-8H2,1H3,(H,14,16). The van der Waals surface area contributed by atoms with Crippen LogP contribution in [0.1, 0.15) is 6.42 Å². The van der Waals surface area contributed by atoms with E-state index in [1.165, 1.54) is 18.9 Å². The lowest BCUT2D eigenvalue weighted by atomic mass is 10.4. The number of ether oxygens (including phenoxy) is 1. The van der Waals surface area contributed by atoms with Crippen LogP contribution >= 0.6 is 23.4 Å². The first-order chi connectivity index (χ1) is 8.63. The molecule has 0 heterocycles. The molecule has 1 aromatic carbocycles. The van der Waals surface area contributed by atoms with Gasteiger partial charge in [0.2, 0.25) is 5.91 Å². The van der Waals surface area contributed by atoms with Gasteiger partial charge in [-0.2, -0.15) is 0 Å². The van der Waals surface area contributed by atoms with Crippen molar-refractivity contribution in [3.05, 3.63) is 30.3 Å². The van der Waals surface area contributed by atoms with Crippen molar-refractivity contribution in [2.24, 2.45) is 0 Å². The molecule has 0 fully saturated rings. The number of halogens is 1. The summed E-state index contributed by atoms with van der Waals surface area (Å²) in [5.74, 6) is -0.674. The number of hydrogen-bond donors (Lipinski definition) is 1. The summed E-state index contributed by atoms with van der Waals surface area (Å²) >= 11 is 7.20. The molecule has 0 radical (unpaired) electrons. The Hall–Kier alpha value is -1.20. The van der Waals surface area contributed by atoms with Crippen molar-refractivity contribution >= 4 is 35.2 Å². The fourth-order valence-electron chi connectivity index (χ4n) is 1.14.